The number of nitrogens with zero attached hydrogens (tertiary/aromatic N) is 1. The molecule has 0 bridgehead atoms. The van der Waals surface area contributed by atoms with Crippen molar-refractivity contribution >= 4 is 22.0 Å². The van der Waals surface area contributed by atoms with Crippen LogP contribution in [0, 0.1) is 12.7 Å². The van der Waals surface area contributed by atoms with Crippen molar-refractivity contribution in [2.45, 2.75) is 20.3 Å². The van der Waals surface area contributed by atoms with Crippen LogP contribution in [-0.4, -0.2) is 15.2 Å². The number of hydrogen-bond acceptors (Lipinski definition) is 2. The topological polar surface area (TPSA) is 56.5 Å². The van der Waals surface area contributed by atoms with E-state index in [9.17, 15) is 4.39 Å². The van der Waals surface area contributed by atoms with Crippen LogP contribution in [0.3, 0.4) is 0 Å². The summed E-state index contributed by atoms with van der Waals surface area (Å²) >= 11 is 0. The maximum Gasteiger partial charge on any atom is 0.131 e. The van der Waals surface area contributed by atoms with Gasteiger partial charge < -0.3 is 10.3 Å². The van der Waals surface area contributed by atoms with Crippen molar-refractivity contribution < 1.29 is 4.39 Å². The molecule has 4 nitrogen and oxygen atoms in total. The highest BCUT2D eigenvalue weighted by Gasteiger charge is 2.18. The zero-order valence-corrected chi connectivity index (χ0v) is 24.5. The Hall–Kier alpha value is -5.42. The summed E-state index contributed by atoms with van der Waals surface area (Å²) in [6, 6.07) is 25.3. The predicted molar refractivity (Wildman–Crippen MR) is 179 cm³/mol. The molecule has 0 saturated heterocycles. The van der Waals surface area contributed by atoms with E-state index in [1.165, 1.54) is 11.6 Å². The fourth-order valence-corrected chi connectivity index (χ4v) is 5.22. The van der Waals surface area contributed by atoms with Crippen LogP contribution in [0.4, 0.5) is 4.39 Å². The molecule has 0 aliphatic carbocycles. The predicted octanol–water partition coefficient (Wildman–Crippen LogP) is 9.44. The smallest absolute Gasteiger partial charge is 0.131 e. The zero-order chi connectivity index (χ0) is 30.3. The maximum atomic E-state index is 14.8. The van der Waals surface area contributed by atoms with Crippen LogP contribution in [0.2, 0.25) is 0 Å². The number of nitrogens with one attached hydrogen (secondary N) is 3. The monoisotopic (exact) mass is 566 g/mol. The Morgan fingerprint density at radius 2 is 1.74 bits per heavy atom. The molecule has 43 heavy (non-hydrogen) atoms. The van der Waals surface area contributed by atoms with Crippen molar-refractivity contribution in [1.82, 2.24) is 20.5 Å². The van der Waals surface area contributed by atoms with Gasteiger partial charge in [-0.2, -0.15) is 5.10 Å². The van der Waals surface area contributed by atoms with Crippen LogP contribution in [0.25, 0.3) is 33.4 Å². The minimum Gasteiger partial charge on any atom is -0.359 e. The minimum atomic E-state index is -0.281. The average molecular weight is 567 g/mol. The minimum absolute atomic E-state index is 0.281. The molecule has 214 valence electrons. The van der Waals surface area contributed by atoms with Crippen LogP contribution in [0.5, 0.6) is 0 Å². The molecule has 0 radical (unpaired) electrons. The van der Waals surface area contributed by atoms with Gasteiger partial charge in [-0.05, 0) is 72.5 Å². The third-order valence-corrected chi connectivity index (χ3v) is 7.33. The molecule has 0 spiro atoms. The van der Waals surface area contributed by atoms with Gasteiger partial charge in [-0.1, -0.05) is 92.6 Å². The van der Waals surface area contributed by atoms with Crippen LogP contribution in [-0.2, 0) is 6.42 Å². The quantitative estimate of drug-likeness (QED) is 0.140. The van der Waals surface area contributed by atoms with Gasteiger partial charge in [-0.25, -0.2) is 4.39 Å². The molecule has 5 rings (SSSR count). The Morgan fingerprint density at radius 1 is 0.977 bits per heavy atom. The van der Waals surface area contributed by atoms with Gasteiger partial charge in [0.05, 0.1) is 11.2 Å². The number of aromatic nitrogens is 3. The third kappa shape index (κ3) is 6.41. The average Bonchev–Trinajstić information content (AvgIpc) is 3.61. The molecule has 0 unspecified atom stereocenters. The second-order valence-electron chi connectivity index (χ2n) is 10.3. The number of aryl methyl sites for hydroxylation is 1. The SMILES string of the molecule is C=C/C=C(/c1ccccc1F)c1cc(-c2n[nH]c3ccc(C(/C=C(\C=C)NC(=C)Cc4ccccc4)=C/C)cc23)[nH]c1C. The summed E-state index contributed by atoms with van der Waals surface area (Å²) < 4.78 is 14.8. The van der Waals surface area contributed by atoms with Gasteiger partial charge in [0.25, 0.3) is 0 Å². The molecule has 0 aliphatic rings. The normalized spacial score (nSPS) is 12.4. The van der Waals surface area contributed by atoms with Crippen molar-refractivity contribution in [1.29, 1.82) is 0 Å². The van der Waals surface area contributed by atoms with Crippen molar-refractivity contribution in [3.8, 4) is 11.4 Å². The van der Waals surface area contributed by atoms with Crippen LogP contribution >= 0.6 is 0 Å². The van der Waals surface area contributed by atoms with E-state index in [1.54, 1.807) is 24.3 Å². The first-order valence-electron chi connectivity index (χ1n) is 14.2. The van der Waals surface area contributed by atoms with Gasteiger partial charge >= 0.3 is 0 Å². The van der Waals surface area contributed by atoms with Gasteiger partial charge in [0.2, 0.25) is 0 Å². The Bertz CT molecular complexity index is 1900. The van der Waals surface area contributed by atoms with Crippen LogP contribution in [0.1, 0.15) is 34.9 Å². The molecule has 0 atom stereocenters. The van der Waals surface area contributed by atoms with E-state index in [2.05, 4.69) is 76.7 Å². The van der Waals surface area contributed by atoms with Gasteiger partial charge in [0.15, 0.2) is 0 Å². The fourth-order valence-electron chi connectivity index (χ4n) is 5.22. The Balaban J connectivity index is 1.46. The summed E-state index contributed by atoms with van der Waals surface area (Å²) in [5.41, 5.74) is 10.6. The first kappa shape index (κ1) is 29.1. The van der Waals surface area contributed by atoms with E-state index in [0.717, 1.165) is 68.1 Å². The highest BCUT2D eigenvalue weighted by atomic mass is 19.1. The molecule has 0 saturated carbocycles. The fraction of sp³-hybridized carbons (Fsp3) is 0.0789. The maximum absolute atomic E-state index is 14.8. The van der Waals surface area contributed by atoms with Gasteiger partial charge in [0.1, 0.15) is 11.5 Å². The zero-order valence-electron chi connectivity index (χ0n) is 24.5. The molecule has 5 aromatic rings. The number of H-pyrrole nitrogens is 2. The van der Waals surface area contributed by atoms with E-state index in [4.69, 9.17) is 0 Å². The lowest BCUT2D eigenvalue weighted by Crippen LogP contribution is -2.12. The van der Waals surface area contributed by atoms with E-state index in [0.29, 0.717) is 5.56 Å². The lowest BCUT2D eigenvalue weighted by atomic mass is 9.96. The Morgan fingerprint density at radius 3 is 2.47 bits per heavy atom. The number of allylic oxidation sites excluding steroid dienone is 7. The molecule has 2 aromatic heterocycles. The molecule has 5 heteroatoms. The summed E-state index contributed by atoms with van der Waals surface area (Å²) in [5.74, 6) is -0.281. The van der Waals surface area contributed by atoms with Crippen LogP contribution in [0.15, 0.2) is 140 Å². The van der Waals surface area contributed by atoms with Gasteiger partial charge in [-0.3, -0.25) is 5.10 Å². The molecular formula is C38H35FN4. The summed E-state index contributed by atoms with van der Waals surface area (Å²) in [7, 11) is 0. The number of rotatable bonds is 11. The van der Waals surface area contributed by atoms with Crippen molar-refractivity contribution in [3.05, 3.63) is 174 Å². The van der Waals surface area contributed by atoms with E-state index in [-0.39, 0.29) is 5.82 Å². The molecule has 3 N–H and O–H groups in total. The number of halogens is 1. The lowest BCUT2D eigenvalue weighted by Gasteiger charge is -2.12. The van der Waals surface area contributed by atoms with Crippen molar-refractivity contribution in [3.63, 3.8) is 0 Å². The third-order valence-electron chi connectivity index (χ3n) is 7.33. The second-order valence-corrected chi connectivity index (χ2v) is 10.3. The first-order valence-corrected chi connectivity index (χ1v) is 14.2. The Labute approximate surface area is 252 Å². The highest BCUT2D eigenvalue weighted by Crippen LogP contribution is 2.34. The summed E-state index contributed by atoms with van der Waals surface area (Å²) in [4.78, 5) is 3.47. The van der Waals surface area contributed by atoms with Crippen LogP contribution < -0.4 is 5.32 Å². The van der Waals surface area contributed by atoms with E-state index in [1.807, 2.05) is 56.3 Å². The summed E-state index contributed by atoms with van der Waals surface area (Å²) in [6.07, 6.45) is 10.2. The second kappa shape index (κ2) is 13.0. The molecule has 0 fully saturated rings. The standard InChI is InChI=1S/C38H35FN4/c1-6-14-31(32-17-12-13-18-35(32)39)33-24-37(41-26(33)5)38-34-23-29(19-20-36(34)42-43-38)28(7-2)22-30(8-3)40-25(4)21-27-15-10-9-11-16-27/h6-20,22-24,40-41H,1,3-4,21H2,2,5H3,(H,42,43)/b28-7+,30-22+,31-14-. The molecule has 0 amide bonds. The first-order chi connectivity index (χ1) is 20.9. The highest BCUT2D eigenvalue weighted by molar-refractivity contribution is 5.96. The number of hydrogen-bond donors (Lipinski definition) is 3. The molecular weight excluding hydrogens is 531 g/mol. The molecule has 3 aromatic carbocycles. The molecule has 0 aliphatic heterocycles. The Kier molecular flexibility index (Phi) is 8.82. The lowest BCUT2D eigenvalue weighted by molar-refractivity contribution is 0.624. The number of fused-ring (bicyclic) bond motifs is 1. The summed E-state index contributed by atoms with van der Waals surface area (Å²) in [6.45, 7) is 16.1. The largest absolute Gasteiger partial charge is 0.359 e. The van der Waals surface area contributed by atoms with Gasteiger partial charge in [-0.15, -0.1) is 0 Å². The van der Waals surface area contributed by atoms with E-state index < -0.39 is 0 Å². The summed E-state index contributed by atoms with van der Waals surface area (Å²) in [5, 5.41) is 12.2. The number of aromatic amines is 2. The van der Waals surface area contributed by atoms with Crippen molar-refractivity contribution in [2.75, 3.05) is 0 Å². The molecule has 2 heterocycles. The van der Waals surface area contributed by atoms with E-state index >= 15 is 0 Å². The number of benzene rings is 3. The van der Waals surface area contributed by atoms with Gasteiger partial charge in [0, 0.05) is 40.0 Å². The van der Waals surface area contributed by atoms with Crippen molar-refractivity contribution in [2.24, 2.45) is 0 Å².